The van der Waals surface area contributed by atoms with Gasteiger partial charge in [0.15, 0.2) is 0 Å². The minimum Gasteiger partial charge on any atom is -0.388 e. The molecule has 1 unspecified atom stereocenters. The molecular formula is C24H44O8. The van der Waals surface area contributed by atoms with Gasteiger partial charge in [-0.2, -0.15) is 0 Å². The molecule has 0 aromatic rings. The van der Waals surface area contributed by atoms with Gasteiger partial charge in [0.25, 0.3) is 0 Å². The van der Waals surface area contributed by atoms with Gasteiger partial charge in [-0.3, -0.25) is 0 Å². The van der Waals surface area contributed by atoms with Crippen LogP contribution in [0.4, 0.5) is 0 Å². The Morgan fingerprint density at radius 1 is 0.625 bits per heavy atom. The molecule has 0 aliphatic carbocycles. The molecule has 1 N–H and O–H groups in total. The van der Waals surface area contributed by atoms with Crippen molar-refractivity contribution in [2.75, 3.05) is 85.9 Å². The van der Waals surface area contributed by atoms with Crippen molar-refractivity contribution in [3.63, 3.8) is 0 Å². The Morgan fingerprint density at radius 2 is 1.00 bits per heavy atom. The molecule has 188 valence electrons. The summed E-state index contributed by atoms with van der Waals surface area (Å²) in [6.07, 6.45) is 2.17. The van der Waals surface area contributed by atoms with E-state index in [1.165, 1.54) is 0 Å². The average Bonchev–Trinajstić information content (AvgIpc) is 2.71. The van der Waals surface area contributed by atoms with E-state index < -0.39 is 6.10 Å². The Kier molecular flexibility index (Phi) is 10.2. The monoisotopic (exact) mass is 460 g/mol. The molecule has 3 aliphatic rings. The zero-order valence-electron chi connectivity index (χ0n) is 20.3. The summed E-state index contributed by atoms with van der Waals surface area (Å²) >= 11 is 0. The van der Waals surface area contributed by atoms with Crippen molar-refractivity contribution in [1.29, 1.82) is 0 Å². The molecule has 0 spiro atoms. The number of hydrogen-bond donors (Lipinski definition) is 1. The fraction of sp³-hybridized carbons (Fsp3) is 1.00. The van der Waals surface area contributed by atoms with E-state index in [1.54, 1.807) is 0 Å². The van der Waals surface area contributed by atoms with Gasteiger partial charge in [0.05, 0.1) is 85.9 Å². The van der Waals surface area contributed by atoms with Gasteiger partial charge in [0, 0.05) is 16.2 Å². The highest BCUT2D eigenvalue weighted by atomic mass is 16.6. The predicted octanol–water partition coefficient (Wildman–Crippen LogP) is 2.06. The fourth-order valence-corrected chi connectivity index (χ4v) is 4.01. The van der Waals surface area contributed by atoms with Gasteiger partial charge in [-0.15, -0.1) is 0 Å². The lowest BCUT2D eigenvalue weighted by Crippen LogP contribution is -2.47. The standard InChI is InChI=1S/C24H44O8/c1-4-22(14-29-15-22)11-26-7-20(25)8-32-21(9-27-12-23(5-2)16-30-17-23)10-28-13-24(6-3)18-31-19-24/h20-21,25H,4-19H2,1-3H3. The first-order valence-electron chi connectivity index (χ1n) is 12.2. The fourth-order valence-electron chi connectivity index (χ4n) is 4.01. The Balaban J connectivity index is 1.37. The molecular weight excluding hydrogens is 416 g/mol. The largest absolute Gasteiger partial charge is 0.388 e. The predicted molar refractivity (Wildman–Crippen MR) is 119 cm³/mol. The summed E-state index contributed by atoms with van der Waals surface area (Å²) in [4.78, 5) is 0. The summed E-state index contributed by atoms with van der Waals surface area (Å²) in [6, 6.07) is 0. The second kappa shape index (κ2) is 12.4. The van der Waals surface area contributed by atoms with E-state index >= 15 is 0 Å². The van der Waals surface area contributed by atoms with Crippen molar-refractivity contribution in [3.05, 3.63) is 0 Å². The van der Waals surface area contributed by atoms with Crippen LogP contribution in [-0.2, 0) is 33.2 Å². The van der Waals surface area contributed by atoms with Gasteiger partial charge < -0.3 is 38.3 Å². The third kappa shape index (κ3) is 7.09. The molecule has 3 rings (SSSR count). The molecule has 3 saturated heterocycles. The Hall–Kier alpha value is -0.320. The van der Waals surface area contributed by atoms with Crippen LogP contribution >= 0.6 is 0 Å². The van der Waals surface area contributed by atoms with Crippen molar-refractivity contribution < 1.29 is 38.3 Å². The molecule has 3 heterocycles. The van der Waals surface area contributed by atoms with Crippen LogP contribution in [-0.4, -0.2) is 103 Å². The summed E-state index contributed by atoms with van der Waals surface area (Å²) < 4.78 is 39.8. The second-order valence-electron chi connectivity index (χ2n) is 10.2. The van der Waals surface area contributed by atoms with Gasteiger partial charge in [-0.05, 0) is 19.3 Å². The van der Waals surface area contributed by atoms with Crippen LogP contribution in [0.1, 0.15) is 40.0 Å². The van der Waals surface area contributed by atoms with Crippen LogP contribution in [0.2, 0.25) is 0 Å². The Labute approximate surface area is 193 Å². The van der Waals surface area contributed by atoms with Gasteiger partial charge >= 0.3 is 0 Å². The number of aliphatic hydroxyl groups is 1. The SMILES string of the molecule is CCC1(COCC(O)COC(COCC2(CC)COC2)COCC2(CC)COC2)COC1. The summed E-state index contributed by atoms with van der Waals surface area (Å²) in [5.74, 6) is 0. The van der Waals surface area contributed by atoms with Gasteiger partial charge in [0.1, 0.15) is 12.2 Å². The molecule has 0 amide bonds. The van der Waals surface area contributed by atoms with E-state index in [9.17, 15) is 5.11 Å². The van der Waals surface area contributed by atoms with E-state index in [0.29, 0.717) is 33.0 Å². The third-order valence-electron chi connectivity index (χ3n) is 7.37. The maximum absolute atomic E-state index is 10.3. The average molecular weight is 461 g/mol. The first-order valence-corrected chi connectivity index (χ1v) is 12.2. The maximum atomic E-state index is 10.3. The smallest absolute Gasteiger partial charge is 0.104 e. The molecule has 3 fully saturated rings. The topological polar surface area (TPSA) is 84.8 Å². The lowest BCUT2D eigenvalue weighted by Gasteiger charge is -2.41. The highest BCUT2D eigenvalue weighted by molar-refractivity contribution is 4.85. The number of rotatable bonds is 18. The van der Waals surface area contributed by atoms with Crippen molar-refractivity contribution >= 4 is 0 Å². The first kappa shape index (κ1) is 26.3. The van der Waals surface area contributed by atoms with E-state index in [1.807, 2.05) is 0 Å². The number of hydrogen-bond acceptors (Lipinski definition) is 8. The highest BCUT2D eigenvalue weighted by Crippen LogP contribution is 2.33. The molecule has 0 aromatic heterocycles. The third-order valence-corrected chi connectivity index (χ3v) is 7.37. The molecule has 32 heavy (non-hydrogen) atoms. The number of aliphatic hydroxyl groups excluding tert-OH is 1. The zero-order chi connectivity index (χ0) is 22.9. The maximum Gasteiger partial charge on any atom is 0.104 e. The van der Waals surface area contributed by atoms with Crippen LogP contribution in [0.15, 0.2) is 0 Å². The Morgan fingerprint density at radius 3 is 1.31 bits per heavy atom. The lowest BCUT2D eigenvalue weighted by molar-refractivity contribution is -0.177. The van der Waals surface area contributed by atoms with Gasteiger partial charge in [-0.25, -0.2) is 0 Å². The summed E-state index contributed by atoms with van der Waals surface area (Å²) in [5.41, 5.74) is 0.384. The molecule has 8 heteroatoms. The summed E-state index contributed by atoms with van der Waals surface area (Å²) in [6.45, 7) is 14.2. The minimum atomic E-state index is -0.684. The van der Waals surface area contributed by atoms with Crippen molar-refractivity contribution in [3.8, 4) is 0 Å². The Bertz CT molecular complexity index is 486. The van der Waals surface area contributed by atoms with Crippen LogP contribution in [0.25, 0.3) is 0 Å². The molecule has 0 aromatic carbocycles. The first-order chi connectivity index (χ1) is 15.5. The van der Waals surface area contributed by atoms with Crippen LogP contribution in [0.5, 0.6) is 0 Å². The summed E-state index contributed by atoms with van der Waals surface area (Å²) in [5, 5.41) is 10.3. The quantitative estimate of drug-likeness (QED) is 0.333. The second-order valence-corrected chi connectivity index (χ2v) is 10.2. The van der Waals surface area contributed by atoms with Crippen LogP contribution < -0.4 is 0 Å². The molecule has 3 aliphatic heterocycles. The summed E-state index contributed by atoms with van der Waals surface area (Å²) in [7, 11) is 0. The number of ether oxygens (including phenoxy) is 7. The highest BCUT2D eigenvalue weighted by Gasteiger charge is 2.39. The molecule has 1 atom stereocenters. The van der Waals surface area contributed by atoms with Gasteiger partial charge in [-0.1, -0.05) is 20.8 Å². The van der Waals surface area contributed by atoms with E-state index in [4.69, 9.17) is 33.2 Å². The van der Waals surface area contributed by atoms with E-state index in [2.05, 4.69) is 20.8 Å². The minimum absolute atomic E-state index is 0.117. The van der Waals surface area contributed by atoms with E-state index in [-0.39, 0.29) is 35.6 Å². The molecule has 8 nitrogen and oxygen atoms in total. The van der Waals surface area contributed by atoms with Crippen LogP contribution in [0.3, 0.4) is 0 Å². The molecule has 0 bridgehead atoms. The van der Waals surface area contributed by atoms with Gasteiger partial charge in [0.2, 0.25) is 0 Å². The van der Waals surface area contributed by atoms with E-state index in [0.717, 1.165) is 58.9 Å². The molecule has 0 radical (unpaired) electrons. The lowest BCUT2D eigenvalue weighted by atomic mass is 9.84. The normalized spacial score (nSPS) is 23.9. The molecule has 0 saturated carbocycles. The zero-order valence-corrected chi connectivity index (χ0v) is 20.3. The van der Waals surface area contributed by atoms with Crippen LogP contribution in [0, 0.1) is 16.2 Å². The van der Waals surface area contributed by atoms with Crippen molar-refractivity contribution in [2.24, 2.45) is 16.2 Å². The van der Waals surface area contributed by atoms with Crippen molar-refractivity contribution in [2.45, 2.75) is 52.2 Å². The van der Waals surface area contributed by atoms with Crippen molar-refractivity contribution in [1.82, 2.24) is 0 Å².